The molecule has 0 aliphatic rings. The van der Waals surface area contributed by atoms with Gasteiger partial charge in [-0.3, -0.25) is 19.3 Å². The number of benzene rings is 1. The number of rotatable bonds is 9. The number of carbonyl (C=O) groups is 3. The summed E-state index contributed by atoms with van der Waals surface area (Å²) >= 11 is 0. The first kappa shape index (κ1) is 30.4. The summed E-state index contributed by atoms with van der Waals surface area (Å²) in [5, 5.41) is 8.44. The molecule has 0 radical (unpaired) electrons. The molecule has 0 bridgehead atoms. The molecule has 3 aromatic rings. The number of nitrogens with zero attached hydrogens (tertiary/aromatic N) is 3. The molecule has 9 nitrogen and oxygen atoms in total. The lowest BCUT2D eigenvalue weighted by atomic mass is 9.96. The molecular weight excluding hydrogens is 511 g/mol. The number of carbonyl (C=O) groups excluding carboxylic acids is 3. The first-order chi connectivity index (χ1) is 18.7. The molecule has 0 spiro atoms. The first-order valence-electron chi connectivity index (χ1n) is 13.0. The van der Waals surface area contributed by atoms with E-state index in [2.05, 4.69) is 25.9 Å². The quantitative estimate of drug-likeness (QED) is 0.337. The molecule has 0 saturated carbocycles. The highest BCUT2D eigenvalue weighted by atomic mass is 19.1. The zero-order chi connectivity index (χ0) is 29.5. The van der Waals surface area contributed by atoms with Crippen LogP contribution in [0.25, 0.3) is 0 Å². The van der Waals surface area contributed by atoms with E-state index < -0.39 is 16.6 Å². The van der Waals surface area contributed by atoms with E-state index in [1.54, 1.807) is 24.3 Å². The Bertz CT molecular complexity index is 1270. The Morgan fingerprint density at radius 3 is 1.57 bits per heavy atom. The maximum Gasteiger partial charge on any atom is 0.238 e. The minimum absolute atomic E-state index is 0.0160. The van der Waals surface area contributed by atoms with Crippen LogP contribution >= 0.6 is 0 Å². The molecular formula is C30H37FN6O3. The number of nitrogens with one attached hydrogen (secondary N) is 3. The molecule has 0 aliphatic heterocycles. The van der Waals surface area contributed by atoms with Crippen LogP contribution in [0.15, 0.2) is 60.7 Å². The Labute approximate surface area is 234 Å². The summed E-state index contributed by atoms with van der Waals surface area (Å²) in [5.41, 5.74) is 0.584. The molecule has 3 rings (SSSR count). The maximum atomic E-state index is 13.3. The summed E-state index contributed by atoms with van der Waals surface area (Å²) in [7, 11) is 0. The van der Waals surface area contributed by atoms with Crippen molar-refractivity contribution in [3.63, 3.8) is 0 Å². The van der Waals surface area contributed by atoms with E-state index in [1.165, 1.54) is 24.3 Å². The van der Waals surface area contributed by atoms with Crippen molar-refractivity contribution in [1.29, 1.82) is 0 Å². The standard InChI is InChI=1S/C30H37FN6O3/c1-29(2,3)27(39)35-24-11-7-9-22(32-24)17-37(19-26(38)34-21-15-13-20(31)14-16-21)18-23-10-8-12-25(33-23)36-28(40)30(4,5)6/h7-16H,17-19H2,1-6H3,(H,34,38)(H,32,35,39)(H,33,36,40). The van der Waals surface area contributed by atoms with Gasteiger partial charge in [0.25, 0.3) is 0 Å². The highest BCUT2D eigenvalue weighted by Gasteiger charge is 2.23. The van der Waals surface area contributed by atoms with Crippen LogP contribution in [0.1, 0.15) is 52.9 Å². The fraction of sp³-hybridized carbons (Fsp3) is 0.367. The summed E-state index contributed by atoms with van der Waals surface area (Å²) in [5.74, 6) is -0.192. The lowest BCUT2D eigenvalue weighted by Gasteiger charge is -2.22. The van der Waals surface area contributed by atoms with Gasteiger partial charge in [0.2, 0.25) is 17.7 Å². The number of hydrogen-bond acceptors (Lipinski definition) is 6. The van der Waals surface area contributed by atoms with Crippen LogP contribution < -0.4 is 16.0 Å². The molecule has 1 aromatic carbocycles. The van der Waals surface area contributed by atoms with Gasteiger partial charge < -0.3 is 16.0 Å². The van der Waals surface area contributed by atoms with Gasteiger partial charge >= 0.3 is 0 Å². The van der Waals surface area contributed by atoms with Gasteiger partial charge in [0.05, 0.1) is 17.9 Å². The maximum absolute atomic E-state index is 13.3. The first-order valence-corrected chi connectivity index (χ1v) is 13.0. The van der Waals surface area contributed by atoms with Crippen molar-refractivity contribution in [2.75, 3.05) is 22.5 Å². The van der Waals surface area contributed by atoms with Crippen molar-refractivity contribution >= 4 is 35.0 Å². The fourth-order valence-electron chi connectivity index (χ4n) is 3.44. The van der Waals surface area contributed by atoms with Gasteiger partial charge in [-0.15, -0.1) is 0 Å². The molecule has 10 heteroatoms. The second kappa shape index (κ2) is 12.8. The van der Waals surface area contributed by atoms with Crippen LogP contribution in [0, 0.1) is 16.6 Å². The normalized spacial score (nSPS) is 11.7. The Kier molecular flexibility index (Phi) is 9.70. The van der Waals surface area contributed by atoms with Crippen molar-refractivity contribution in [1.82, 2.24) is 14.9 Å². The molecule has 0 fully saturated rings. The summed E-state index contributed by atoms with van der Waals surface area (Å²) in [4.78, 5) is 48.8. The van der Waals surface area contributed by atoms with Gasteiger partial charge in [-0.1, -0.05) is 53.7 Å². The second-order valence-electron chi connectivity index (χ2n) is 11.6. The average Bonchev–Trinajstić information content (AvgIpc) is 2.84. The highest BCUT2D eigenvalue weighted by Crippen LogP contribution is 2.19. The third-order valence-electron chi connectivity index (χ3n) is 5.73. The fourth-order valence-corrected chi connectivity index (χ4v) is 3.44. The number of anilines is 3. The molecule has 0 saturated heterocycles. The van der Waals surface area contributed by atoms with Gasteiger partial charge in [-0.05, 0) is 48.5 Å². The lowest BCUT2D eigenvalue weighted by Crippen LogP contribution is -2.33. The van der Waals surface area contributed by atoms with Gasteiger partial charge in [-0.25, -0.2) is 14.4 Å². The topological polar surface area (TPSA) is 116 Å². The van der Waals surface area contributed by atoms with Crippen LogP contribution in [-0.2, 0) is 27.5 Å². The van der Waals surface area contributed by atoms with Crippen molar-refractivity contribution in [3.8, 4) is 0 Å². The smallest absolute Gasteiger partial charge is 0.238 e. The average molecular weight is 549 g/mol. The third kappa shape index (κ3) is 9.53. The van der Waals surface area contributed by atoms with E-state index in [1.807, 2.05) is 58.6 Å². The van der Waals surface area contributed by atoms with Crippen LogP contribution in [0.2, 0.25) is 0 Å². The van der Waals surface area contributed by atoms with Crippen molar-refractivity contribution < 1.29 is 18.8 Å². The summed E-state index contributed by atoms with van der Waals surface area (Å²) in [6.07, 6.45) is 0. The van der Waals surface area contributed by atoms with E-state index in [0.717, 1.165) is 0 Å². The van der Waals surface area contributed by atoms with Gasteiger partial charge in [0.1, 0.15) is 17.5 Å². The SMILES string of the molecule is CC(C)(C)C(=O)Nc1cccc(CN(CC(=O)Nc2ccc(F)cc2)Cc2cccc(NC(=O)C(C)(C)C)n2)n1. The molecule has 3 N–H and O–H groups in total. The van der Waals surface area contributed by atoms with Crippen LogP contribution in [0.4, 0.5) is 21.7 Å². The number of amides is 3. The zero-order valence-corrected chi connectivity index (χ0v) is 23.8. The van der Waals surface area contributed by atoms with E-state index in [4.69, 9.17) is 0 Å². The van der Waals surface area contributed by atoms with Gasteiger partial charge in [0.15, 0.2) is 0 Å². The van der Waals surface area contributed by atoms with Crippen LogP contribution in [0.3, 0.4) is 0 Å². The Balaban J connectivity index is 1.80. The Morgan fingerprint density at radius 1 is 0.700 bits per heavy atom. The molecule has 2 aromatic heterocycles. The van der Waals surface area contributed by atoms with Crippen molar-refractivity contribution in [2.45, 2.75) is 54.6 Å². The molecule has 0 unspecified atom stereocenters. The van der Waals surface area contributed by atoms with E-state index in [0.29, 0.717) is 28.7 Å². The summed E-state index contributed by atoms with van der Waals surface area (Å²) < 4.78 is 13.3. The molecule has 212 valence electrons. The van der Waals surface area contributed by atoms with E-state index in [9.17, 15) is 18.8 Å². The summed E-state index contributed by atoms with van der Waals surface area (Å²) in [6, 6.07) is 16.1. The van der Waals surface area contributed by atoms with Crippen LogP contribution in [-0.4, -0.2) is 39.1 Å². The number of hydrogen-bond donors (Lipinski definition) is 3. The molecule has 2 heterocycles. The van der Waals surface area contributed by atoms with Crippen molar-refractivity contribution in [3.05, 3.63) is 77.9 Å². The van der Waals surface area contributed by atoms with Crippen molar-refractivity contribution in [2.24, 2.45) is 10.8 Å². The van der Waals surface area contributed by atoms with Gasteiger partial charge in [-0.2, -0.15) is 0 Å². The molecule has 0 aliphatic carbocycles. The third-order valence-corrected chi connectivity index (χ3v) is 5.73. The Morgan fingerprint density at radius 2 is 1.15 bits per heavy atom. The predicted molar refractivity (Wildman–Crippen MR) is 154 cm³/mol. The lowest BCUT2D eigenvalue weighted by molar-refractivity contribution is -0.123. The van der Waals surface area contributed by atoms with E-state index >= 15 is 0 Å². The minimum Gasteiger partial charge on any atom is -0.325 e. The number of halogens is 1. The predicted octanol–water partition coefficient (Wildman–Crippen LogP) is 5.23. The largest absolute Gasteiger partial charge is 0.325 e. The summed E-state index contributed by atoms with van der Waals surface area (Å²) in [6.45, 7) is 11.4. The monoisotopic (exact) mass is 548 g/mol. The molecule has 3 amide bonds. The van der Waals surface area contributed by atoms with Crippen LogP contribution in [0.5, 0.6) is 0 Å². The van der Waals surface area contributed by atoms with E-state index in [-0.39, 0.29) is 37.4 Å². The number of aromatic nitrogens is 2. The second-order valence-corrected chi connectivity index (χ2v) is 11.6. The Hall–Kier alpha value is -4.18. The van der Waals surface area contributed by atoms with Gasteiger partial charge in [0, 0.05) is 29.6 Å². The highest BCUT2D eigenvalue weighted by molar-refractivity contribution is 5.94. The minimum atomic E-state index is -0.582. The number of pyridine rings is 2. The zero-order valence-electron chi connectivity index (χ0n) is 23.8. The molecule has 40 heavy (non-hydrogen) atoms. The molecule has 0 atom stereocenters.